The summed E-state index contributed by atoms with van der Waals surface area (Å²) in [5.41, 5.74) is 2.33. The first-order chi connectivity index (χ1) is 11.2. The molecule has 0 saturated carbocycles. The van der Waals surface area contributed by atoms with E-state index in [2.05, 4.69) is 10.3 Å². The average Bonchev–Trinajstić information content (AvgIpc) is 3.18. The molecule has 2 aromatic carbocycles. The van der Waals surface area contributed by atoms with E-state index in [9.17, 15) is 4.79 Å². The van der Waals surface area contributed by atoms with Gasteiger partial charge in [0.05, 0.1) is 6.04 Å². The highest BCUT2D eigenvalue weighted by atomic mass is 16.3. The Morgan fingerprint density at radius 1 is 1.04 bits per heavy atom. The molecule has 4 rings (SSSR count). The topological polar surface area (TPSA) is 58.0 Å². The van der Waals surface area contributed by atoms with Crippen LogP contribution in [0.1, 0.15) is 29.2 Å². The van der Waals surface area contributed by atoms with Crippen molar-refractivity contribution in [2.24, 2.45) is 0 Å². The third kappa shape index (κ3) is 2.48. The van der Waals surface area contributed by atoms with Crippen molar-refractivity contribution in [2.75, 3.05) is 0 Å². The van der Waals surface area contributed by atoms with E-state index in [1.54, 1.807) is 0 Å². The maximum atomic E-state index is 12.4. The Bertz CT molecular complexity index is 931. The molecule has 23 heavy (non-hydrogen) atoms. The number of hydrogen-bond acceptors (Lipinski definition) is 2. The summed E-state index contributed by atoms with van der Waals surface area (Å²) in [7, 11) is 0. The van der Waals surface area contributed by atoms with Crippen molar-refractivity contribution < 1.29 is 9.21 Å². The van der Waals surface area contributed by atoms with E-state index in [-0.39, 0.29) is 11.9 Å². The second-order valence-corrected chi connectivity index (χ2v) is 5.65. The first kappa shape index (κ1) is 13.6. The van der Waals surface area contributed by atoms with Crippen LogP contribution in [0.5, 0.6) is 0 Å². The van der Waals surface area contributed by atoms with E-state index >= 15 is 0 Å². The molecule has 2 heterocycles. The van der Waals surface area contributed by atoms with Gasteiger partial charge in [0.1, 0.15) is 17.0 Å². The minimum absolute atomic E-state index is 0.144. The van der Waals surface area contributed by atoms with Gasteiger partial charge >= 0.3 is 0 Å². The minimum Gasteiger partial charge on any atom is -0.459 e. The lowest BCUT2D eigenvalue weighted by Crippen LogP contribution is -2.26. The molecule has 2 N–H and O–H groups in total. The summed E-state index contributed by atoms with van der Waals surface area (Å²) in [4.78, 5) is 15.6. The van der Waals surface area contributed by atoms with E-state index in [0.29, 0.717) is 5.69 Å². The van der Waals surface area contributed by atoms with Crippen LogP contribution in [0.15, 0.2) is 65.1 Å². The fourth-order valence-electron chi connectivity index (χ4n) is 2.76. The van der Waals surface area contributed by atoms with Crippen LogP contribution < -0.4 is 5.32 Å². The normalized spacial score (nSPS) is 12.6. The molecular formula is C19H16N2O2. The van der Waals surface area contributed by atoms with Gasteiger partial charge in [-0.1, -0.05) is 36.4 Å². The summed E-state index contributed by atoms with van der Waals surface area (Å²) in [6.45, 7) is 1.91. The van der Waals surface area contributed by atoms with Gasteiger partial charge in [-0.05, 0) is 31.2 Å². The van der Waals surface area contributed by atoms with Crippen LogP contribution >= 0.6 is 0 Å². The number of H-pyrrole nitrogens is 1. The molecule has 1 unspecified atom stereocenters. The van der Waals surface area contributed by atoms with Gasteiger partial charge in [0.25, 0.3) is 5.91 Å². The molecule has 1 atom stereocenters. The van der Waals surface area contributed by atoms with Crippen molar-refractivity contribution in [1.29, 1.82) is 0 Å². The van der Waals surface area contributed by atoms with E-state index in [0.717, 1.165) is 27.6 Å². The molecular weight excluding hydrogens is 288 g/mol. The maximum Gasteiger partial charge on any atom is 0.268 e. The molecule has 0 aliphatic heterocycles. The fourth-order valence-corrected chi connectivity index (χ4v) is 2.76. The molecule has 4 aromatic rings. The van der Waals surface area contributed by atoms with Crippen molar-refractivity contribution in [3.63, 3.8) is 0 Å². The predicted octanol–water partition coefficient (Wildman–Crippen LogP) is 4.41. The Morgan fingerprint density at radius 2 is 1.78 bits per heavy atom. The van der Waals surface area contributed by atoms with Gasteiger partial charge in [-0.2, -0.15) is 0 Å². The van der Waals surface area contributed by atoms with E-state index < -0.39 is 0 Å². The van der Waals surface area contributed by atoms with Crippen molar-refractivity contribution >= 4 is 27.8 Å². The highest BCUT2D eigenvalue weighted by Crippen LogP contribution is 2.24. The number of carbonyl (C=O) groups excluding carboxylic acids is 1. The Morgan fingerprint density at radius 3 is 2.57 bits per heavy atom. The van der Waals surface area contributed by atoms with Crippen LogP contribution in [0.25, 0.3) is 21.9 Å². The summed E-state index contributed by atoms with van der Waals surface area (Å²) < 4.78 is 5.80. The number of benzene rings is 2. The lowest BCUT2D eigenvalue weighted by atomic mass is 10.2. The van der Waals surface area contributed by atoms with Gasteiger partial charge in [-0.25, -0.2) is 0 Å². The first-order valence-electron chi connectivity index (χ1n) is 7.58. The van der Waals surface area contributed by atoms with Crippen LogP contribution in [0, 0.1) is 0 Å². The molecule has 114 valence electrons. The number of amides is 1. The van der Waals surface area contributed by atoms with Gasteiger partial charge in [0.2, 0.25) is 0 Å². The van der Waals surface area contributed by atoms with Crippen molar-refractivity contribution in [1.82, 2.24) is 10.3 Å². The van der Waals surface area contributed by atoms with Crippen LogP contribution in [-0.2, 0) is 0 Å². The van der Waals surface area contributed by atoms with Crippen LogP contribution in [0.4, 0.5) is 0 Å². The summed E-state index contributed by atoms with van der Waals surface area (Å²) >= 11 is 0. The zero-order valence-electron chi connectivity index (χ0n) is 12.7. The molecule has 0 spiro atoms. The van der Waals surface area contributed by atoms with Gasteiger partial charge in [-0.15, -0.1) is 0 Å². The molecule has 0 aliphatic rings. The smallest absolute Gasteiger partial charge is 0.268 e. The third-order valence-corrected chi connectivity index (χ3v) is 3.99. The number of nitrogens with one attached hydrogen (secondary N) is 2. The standard InChI is InChI=1S/C19H16N2O2/c1-12(18-11-14-7-3-5-9-17(14)23-18)20-19(22)16-10-13-6-2-4-8-15(13)21-16/h2-12,21H,1H3,(H,20,22). The third-order valence-electron chi connectivity index (χ3n) is 3.99. The highest BCUT2D eigenvalue weighted by Gasteiger charge is 2.16. The number of carbonyl (C=O) groups is 1. The number of hydrogen-bond donors (Lipinski definition) is 2. The Balaban J connectivity index is 1.57. The second-order valence-electron chi connectivity index (χ2n) is 5.65. The molecule has 2 aromatic heterocycles. The zero-order chi connectivity index (χ0) is 15.8. The molecule has 0 radical (unpaired) electrons. The monoisotopic (exact) mass is 304 g/mol. The SMILES string of the molecule is CC(NC(=O)c1cc2ccccc2[nH]1)c1cc2ccccc2o1. The number of para-hydroxylation sites is 2. The highest BCUT2D eigenvalue weighted by molar-refractivity contribution is 5.98. The van der Waals surface area contributed by atoms with Crippen LogP contribution in [0.2, 0.25) is 0 Å². The molecule has 0 bridgehead atoms. The quantitative estimate of drug-likeness (QED) is 0.589. The van der Waals surface area contributed by atoms with Gasteiger partial charge in [-0.3, -0.25) is 4.79 Å². The second kappa shape index (κ2) is 5.32. The number of furan rings is 1. The summed E-state index contributed by atoms with van der Waals surface area (Å²) in [6.07, 6.45) is 0. The van der Waals surface area contributed by atoms with Crippen molar-refractivity contribution in [2.45, 2.75) is 13.0 Å². The average molecular weight is 304 g/mol. The molecule has 0 saturated heterocycles. The molecule has 1 amide bonds. The number of aromatic nitrogens is 1. The van der Waals surface area contributed by atoms with Crippen LogP contribution in [0.3, 0.4) is 0 Å². The number of rotatable bonds is 3. The van der Waals surface area contributed by atoms with Crippen LogP contribution in [-0.4, -0.2) is 10.9 Å². The molecule has 0 fully saturated rings. The number of fused-ring (bicyclic) bond motifs is 2. The molecule has 0 aliphatic carbocycles. The van der Waals surface area contributed by atoms with E-state index in [1.807, 2.05) is 67.6 Å². The Kier molecular flexibility index (Phi) is 3.15. The summed E-state index contributed by atoms with van der Waals surface area (Å²) in [5.74, 6) is 0.602. The predicted molar refractivity (Wildman–Crippen MR) is 90.4 cm³/mol. The van der Waals surface area contributed by atoms with Gasteiger partial charge in [0.15, 0.2) is 0 Å². The largest absolute Gasteiger partial charge is 0.459 e. The number of aromatic amines is 1. The molecule has 4 heteroatoms. The van der Waals surface area contributed by atoms with E-state index in [1.165, 1.54) is 0 Å². The lowest BCUT2D eigenvalue weighted by Gasteiger charge is -2.10. The van der Waals surface area contributed by atoms with Gasteiger partial charge in [0, 0.05) is 16.3 Å². The minimum atomic E-state index is -0.207. The first-order valence-corrected chi connectivity index (χ1v) is 7.58. The zero-order valence-corrected chi connectivity index (χ0v) is 12.7. The summed E-state index contributed by atoms with van der Waals surface area (Å²) in [6, 6.07) is 19.3. The van der Waals surface area contributed by atoms with Gasteiger partial charge < -0.3 is 14.7 Å². The lowest BCUT2D eigenvalue weighted by molar-refractivity contribution is 0.0931. The van der Waals surface area contributed by atoms with Crippen molar-refractivity contribution in [3.05, 3.63) is 72.1 Å². The van der Waals surface area contributed by atoms with Crippen molar-refractivity contribution in [3.8, 4) is 0 Å². The van der Waals surface area contributed by atoms with E-state index in [4.69, 9.17) is 4.42 Å². The Labute approximate surface area is 133 Å². The molecule has 4 nitrogen and oxygen atoms in total. The fraction of sp³-hybridized carbons (Fsp3) is 0.105. The summed E-state index contributed by atoms with van der Waals surface area (Å²) in [5, 5.41) is 5.03. The maximum absolute atomic E-state index is 12.4. The Hall–Kier alpha value is -3.01.